The molecule has 0 aliphatic heterocycles. The van der Waals surface area contributed by atoms with Crippen LogP contribution < -0.4 is 24.3 Å². The van der Waals surface area contributed by atoms with Gasteiger partial charge in [-0.3, -0.25) is 4.79 Å². The summed E-state index contributed by atoms with van der Waals surface area (Å²) in [5, 5.41) is 2.51. The predicted molar refractivity (Wildman–Crippen MR) is 124 cm³/mol. The van der Waals surface area contributed by atoms with Crippen molar-refractivity contribution in [3.05, 3.63) is 70.2 Å². The summed E-state index contributed by atoms with van der Waals surface area (Å²) < 4.78 is 62.2. The molecule has 0 heterocycles. The average molecular weight is 540 g/mol. The van der Waals surface area contributed by atoms with E-state index in [4.69, 9.17) is 18.9 Å². The van der Waals surface area contributed by atoms with Crippen LogP contribution in [0.4, 0.5) is 18.9 Å². The van der Waals surface area contributed by atoms with Gasteiger partial charge in [-0.25, -0.2) is 0 Å². The van der Waals surface area contributed by atoms with Crippen molar-refractivity contribution in [3.8, 4) is 28.7 Å². The Morgan fingerprint density at radius 2 is 1.71 bits per heavy atom. The fourth-order valence-electron chi connectivity index (χ4n) is 3.04. The van der Waals surface area contributed by atoms with Gasteiger partial charge in [0.2, 0.25) is 0 Å². The molecule has 0 spiro atoms. The highest BCUT2D eigenvalue weighted by Gasteiger charge is 2.31. The van der Waals surface area contributed by atoms with Crippen LogP contribution in [0.5, 0.6) is 28.7 Å². The van der Waals surface area contributed by atoms with Gasteiger partial charge in [-0.05, 0) is 65.3 Å². The number of carbonyl (C=O) groups is 1. The van der Waals surface area contributed by atoms with Crippen molar-refractivity contribution in [2.24, 2.45) is 0 Å². The third-order valence-electron chi connectivity index (χ3n) is 4.60. The molecule has 180 valence electrons. The van der Waals surface area contributed by atoms with E-state index < -0.39 is 17.6 Å². The minimum atomic E-state index is -4.61. The van der Waals surface area contributed by atoms with Gasteiger partial charge in [-0.2, -0.15) is 13.2 Å². The van der Waals surface area contributed by atoms with E-state index >= 15 is 0 Å². The maximum absolute atomic E-state index is 13.4. The lowest BCUT2D eigenvalue weighted by molar-refractivity contribution is -0.137. The van der Waals surface area contributed by atoms with Gasteiger partial charge >= 0.3 is 6.18 Å². The number of halogens is 4. The summed E-state index contributed by atoms with van der Waals surface area (Å²) in [5.74, 6) is 0.870. The first-order valence-corrected chi connectivity index (χ1v) is 10.8. The van der Waals surface area contributed by atoms with Crippen LogP contribution >= 0.6 is 15.9 Å². The molecule has 3 aromatic carbocycles. The molecule has 1 N–H and O–H groups in total. The van der Waals surface area contributed by atoms with E-state index in [0.29, 0.717) is 34.1 Å². The van der Waals surface area contributed by atoms with Gasteiger partial charge in [0.1, 0.15) is 11.5 Å². The van der Waals surface area contributed by atoms with Crippen LogP contribution in [0.25, 0.3) is 0 Å². The summed E-state index contributed by atoms with van der Waals surface area (Å²) in [6.45, 7) is 2.09. The minimum Gasteiger partial charge on any atom is -0.497 e. The SMILES string of the molecule is CCOc1cc(C(=O)Nc2cc(C(F)(F)F)ccc2Oc2cccc(OC)c2)cc(Br)c1OC. The number of benzene rings is 3. The maximum Gasteiger partial charge on any atom is 0.416 e. The number of amides is 1. The van der Waals surface area contributed by atoms with Gasteiger partial charge < -0.3 is 24.3 Å². The normalized spacial score (nSPS) is 11.0. The predicted octanol–water partition coefficient (Wildman–Crippen LogP) is 6.93. The largest absolute Gasteiger partial charge is 0.497 e. The molecule has 0 unspecified atom stereocenters. The van der Waals surface area contributed by atoms with Crippen LogP contribution in [0.2, 0.25) is 0 Å². The summed E-state index contributed by atoms with van der Waals surface area (Å²) in [5.41, 5.74) is -0.958. The molecule has 0 saturated heterocycles. The molecule has 0 aromatic heterocycles. The van der Waals surface area contributed by atoms with Gasteiger partial charge in [0.05, 0.1) is 36.6 Å². The number of anilines is 1. The zero-order valence-electron chi connectivity index (χ0n) is 18.5. The molecule has 0 bridgehead atoms. The fraction of sp³-hybridized carbons (Fsp3) is 0.208. The molecule has 0 aliphatic carbocycles. The van der Waals surface area contributed by atoms with E-state index in [9.17, 15) is 18.0 Å². The van der Waals surface area contributed by atoms with Gasteiger partial charge in [-0.15, -0.1) is 0 Å². The first-order chi connectivity index (χ1) is 16.2. The highest BCUT2D eigenvalue weighted by molar-refractivity contribution is 9.10. The summed E-state index contributed by atoms with van der Waals surface area (Å²) in [7, 11) is 2.93. The minimum absolute atomic E-state index is 0.0206. The van der Waals surface area contributed by atoms with E-state index in [2.05, 4.69) is 21.2 Å². The molecule has 1 amide bonds. The van der Waals surface area contributed by atoms with Crippen molar-refractivity contribution < 1.29 is 36.9 Å². The summed E-state index contributed by atoms with van der Waals surface area (Å²) >= 11 is 3.32. The fourth-order valence-corrected chi connectivity index (χ4v) is 3.64. The Bertz CT molecular complexity index is 1180. The van der Waals surface area contributed by atoms with Crippen LogP contribution in [0.3, 0.4) is 0 Å². The second-order valence-corrected chi connectivity index (χ2v) is 7.72. The van der Waals surface area contributed by atoms with Crippen molar-refractivity contribution in [3.63, 3.8) is 0 Å². The van der Waals surface area contributed by atoms with Crippen LogP contribution in [-0.2, 0) is 6.18 Å². The van der Waals surface area contributed by atoms with Gasteiger partial charge in [0.25, 0.3) is 5.91 Å². The van der Waals surface area contributed by atoms with E-state index in [-0.39, 0.29) is 17.0 Å². The molecule has 10 heteroatoms. The second kappa shape index (κ2) is 10.7. The average Bonchev–Trinajstić information content (AvgIpc) is 2.79. The molecule has 0 atom stereocenters. The molecule has 0 saturated carbocycles. The van der Waals surface area contributed by atoms with Crippen molar-refractivity contribution >= 4 is 27.5 Å². The van der Waals surface area contributed by atoms with E-state index in [0.717, 1.165) is 18.2 Å². The number of ether oxygens (including phenoxy) is 4. The number of methoxy groups -OCH3 is 2. The molecule has 0 radical (unpaired) electrons. The number of hydrogen-bond acceptors (Lipinski definition) is 5. The zero-order valence-corrected chi connectivity index (χ0v) is 20.0. The number of nitrogens with one attached hydrogen (secondary N) is 1. The molecule has 0 fully saturated rings. The van der Waals surface area contributed by atoms with E-state index in [1.807, 2.05) is 0 Å². The van der Waals surface area contributed by atoms with Crippen molar-refractivity contribution in [2.45, 2.75) is 13.1 Å². The standard InChI is InChI=1S/C24H21BrF3NO5/c1-4-33-21-11-14(10-18(25)22(21)32-3)23(30)29-19-12-15(24(26,27)28)8-9-20(19)34-17-7-5-6-16(13-17)31-2/h5-13H,4H2,1-3H3,(H,29,30). The van der Waals surface area contributed by atoms with E-state index in [1.165, 1.54) is 26.4 Å². The number of alkyl halides is 3. The first kappa shape index (κ1) is 25.2. The summed E-state index contributed by atoms with van der Waals surface area (Å²) in [6.07, 6.45) is -4.61. The van der Waals surface area contributed by atoms with Crippen molar-refractivity contribution in [1.29, 1.82) is 0 Å². The molecular formula is C24H21BrF3NO5. The third kappa shape index (κ3) is 5.93. The lowest BCUT2D eigenvalue weighted by Gasteiger charge is -2.17. The topological polar surface area (TPSA) is 66.0 Å². The van der Waals surface area contributed by atoms with Gasteiger partial charge in [0, 0.05) is 11.6 Å². The molecule has 6 nitrogen and oxygen atoms in total. The summed E-state index contributed by atoms with van der Waals surface area (Å²) in [4.78, 5) is 13.0. The Morgan fingerprint density at radius 3 is 2.35 bits per heavy atom. The Balaban J connectivity index is 1.99. The Labute approximate surface area is 202 Å². The monoisotopic (exact) mass is 539 g/mol. The molecule has 34 heavy (non-hydrogen) atoms. The Hall–Kier alpha value is -3.40. The number of hydrogen-bond donors (Lipinski definition) is 1. The Kier molecular flexibility index (Phi) is 7.93. The van der Waals surface area contributed by atoms with E-state index in [1.54, 1.807) is 31.2 Å². The van der Waals surface area contributed by atoms with Crippen molar-refractivity contribution in [1.82, 2.24) is 0 Å². The third-order valence-corrected chi connectivity index (χ3v) is 5.19. The van der Waals surface area contributed by atoms with Gasteiger partial charge in [0.15, 0.2) is 17.2 Å². The second-order valence-electron chi connectivity index (χ2n) is 6.87. The summed E-state index contributed by atoms with van der Waals surface area (Å²) in [6, 6.07) is 12.3. The quantitative estimate of drug-likeness (QED) is 0.336. The molecule has 0 aliphatic rings. The lowest BCUT2D eigenvalue weighted by Crippen LogP contribution is -2.14. The highest BCUT2D eigenvalue weighted by Crippen LogP contribution is 2.39. The number of carbonyl (C=O) groups excluding carboxylic acids is 1. The Morgan fingerprint density at radius 1 is 0.971 bits per heavy atom. The van der Waals surface area contributed by atoms with Crippen LogP contribution in [0.1, 0.15) is 22.8 Å². The highest BCUT2D eigenvalue weighted by atomic mass is 79.9. The first-order valence-electron chi connectivity index (χ1n) is 10.0. The molecule has 3 aromatic rings. The van der Waals surface area contributed by atoms with Gasteiger partial charge in [-0.1, -0.05) is 6.07 Å². The number of rotatable bonds is 8. The van der Waals surface area contributed by atoms with Crippen LogP contribution in [0, 0.1) is 0 Å². The van der Waals surface area contributed by atoms with Crippen molar-refractivity contribution in [2.75, 3.05) is 26.1 Å². The smallest absolute Gasteiger partial charge is 0.416 e. The van der Waals surface area contributed by atoms with Crippen LogP contribution in [-0.4, -0.2) is 26.7 Å². The van der Waals surface area contributed by atoms with Crippen LogP contribution in [0.15, 0.2) is 59.1 Å². The zero-order chi connectivity index (χ0) is 24.9. The maximum atomic E-state index is 13.4. The molecule has 3 rings (SSSR count). The molecular weight excluding hydrogens is 519 g/mol. The lowest BCUT2D eigenvalue weighted by atomic mass is 10.1.